The number of para-hydroxylation sites is 1. The van der Waals surface area contributed by atoms with E-state index in [0.717, 1.165) is 16.2 Å². The van der Waals surface area contributed by atoms with Crippen molar-refractivity contribution < 1.29 is 14.3 Å². The van der Waals surface area contributed by atoms with Gasteiger partial charge >= 0.3 is 0 Å². The number of benzene rings is 3. The molecule has 2 amide bonds. The topological polar surface area (TPSA) is 96.1 Å². The maximum atomic E-state index is 12.4. The summed E-state index contributed by atoms with van der Waals surface area (Å²) in [5, 5.41) is 9.63. The third-order valence-electron chi connectivity index (χ3n) is 4.42. The molecule has 3 aromatic carbocycles. The third-order valence-corrected chi connectivity index (χ3v) is 4.42. The molecule has 0 aliphatic rings. The standard InChI is InChI=1S/C21H18N4O3/c1-13(28-17-10-9-14-5-2-3-6-15(14)11-17)20(26)24-25-21(27)18-8-4-7-16-12-22-23-19(16)18/h2-13H,1H3,(H,22,23)(H,24,26)(H,25,27). The van der Waals surface area contributed by atoms with Gasteiger partial charge in [-0.05, 0) is 35.9 Å². The van der Waals surface area contributed by atoms with Crippen molar-refractivity contribution in [2.45, 2.75) is 13.0 Å². The Bertz CT molecular complexity index is 1170. The van der Waals surface area contributed by atoms with E-state index in [1.807, 2.05) is 48.5 Å². The van der Waals surface area contributed by atoms with Gasteiger partial charge in [-0.15, -0.1) is 0 Å². The van der Waals surface area contributed by atoms with Gasteiger partial charge in [0, 0.05) is 5.39 Å². The van der Waals surface area contributed by atoms with E-state index in [1.54, 1.807) is 25.3 Å². The van der Waals surface area contributed by atoms with Crippen LogP contribution in [0.3, 0.4) is 0 Å². The SMILES string of the molecule is CC(Oc1ccc2ccccc2c1)C(=O)NNC(=O)c1cccc2cn[nH]c12. The largest absolute Gasteiger partial charge is 0.481 e. The molecule has 1 unspecified atom stereocenters. The number of H-pyrrole nitrogens is 1. The predicted octanol–water partition coefficient (Wildman–Crippen LogP) is 2.94. The fourth-order valence-corrected chi connectivity index (χ4v) is 2.94. The van der Waals surface area contributed by atoms with Crippen molar-refractivity contribution in [3.05, 3.63) is 72.4 Å². The van der Waals surface area contributed by atoms with Crippen LogP contribution < -0.4 is 15.6 Å². The number of hydrazine groups is 1. The van der Waals surface area contributed by atoms with Crippen molar-refractivity contribution in [3.63, 3.8) is 0 Å². The summed E-state index contributed by atoms with van der Waals surface area (Å²) in [5.74, 6) is -0.325. The molecule has 0 spiro atoms. The normalized spacial score (nSPS) is 11.9. The van der Waals surface area contributed by atoms with Crippen LogP contribution in [0.2, 0.25) is 0 Å². The summed E-state index contributed by atoms with van der Waals surface area (Å²) < 4.78 is 5.70. The third kappa shape index (κ3) is 3.50. The number of rotatable bonds is 4. The average Bonchev–Trinajstić information content (AvgIpc) is 3.20. The van der Waals surface area contributed by atoms with Crippen LogP contribution in [-0.2, 0) is 4.79 Å². The minimum atomic E-state index is -0.788. The summed E-state index contributed by atoms with van der Waals surface area (Å²) in [6, 6.07) is 18.7. The molecule has 0 saturated carbocycles. The molecule has 0 radical (unpaired) electrons. The van der Waals surface area contributed by atoms with E-state index in [4.69, 9.17) is 4.74 Å². The Morgan fingerprint density at radius 1 is 0.964 bits per heavy atom. The van der Waals surface area contributed by atoms with Gasteiger partial charge < -0.3 is 4.74 Å². The summed E-state index contributed by atoms with van der Waals surface area (Å²) in [6.45, 7) is 1.62. The van der Waals surface area contributed by atoms with Gasteiger partial charge in [0.25, 0.3) is 11.8 Å². The number of fused-ring (bicyclic) bond motifs is 2. The second-order valence-electron chi connectivity index (χ2n) is 6.35. The molecule has 28 heavy (non-hydrogen) atoms. The van der Waals surface area contributed by atoms with Crippen LogP contribution in [0.15, 0.2) is 66.9 Å². The Kier molecular flexibility index (Phi) is 4.63. The minimum Gasteiger partial charge on any atom is -0.481 e. The summed E-state index contributed by atoms with van der Waals surface area (Å²) in [5.41, 5.74) is 5.80. The quantitative estimate of drug-likeness (QED) is 0.479. The molecule has 0 fully saturated rings. The number of hydrogen-bond donors (Lipinski definition) is 3. The van der Waals surface area contributed by atoms with E-state index < -0.39 is 17.9 Å². The summed E-state index contributed by atoms with van der Waals surface area (Å²) >= 11 is 0. The van der Waals surface area contributed by atoms with E-state index in [2.05, 4.69) is 21.0 Å². The number of carbonyl (C=O) groups excluding carboxylic acids is 2. The van der Waals surface area contributed by atoms with Crippen molar-refractivity contribution in [3.8, 4) is 5.75 Å². The Balaban J connectivity index is 1.38. The monoisotopic (exact) mass is 374 g/mol. The highest BCUT2D eigenvalue weighted by Crippen LogP contribution is 2.21. The Labute approximate surface area is 160 Å². The molecular formula is C21H18N4O3. The smallest absolute Gasteiger partial charge is 0.279 e. The van der Waals surface area contributed by atoms with Gasteiger partial charge in [0.05, 0.1) is 17.3 Å². The Hall–Kier alpha value is -3.87. The van der Waals surface area contributed by atoms with Crippen LogP contribution in [0, 0.1) is 0 Å². The van der Waals surface area contributed by atoms with Crippen molar-refractivity contribution in [1.29, 1.82) is 0 Å². The molecule has 0 saturated heterocycles. The molecule has 1 atom stereocenters. The molecular weight excluding hydrogens is 356 g/mol. The second kappa shape index (κ2) is 7.40. The Morgan fingerprint density at radius 2 is 1.75 bits per heavy atom. The Morgan fingerprint density at radius 3 is 2.61 bits per heavy atom. The number of nitrogens with zero attached hydrogens (tertiary/aromatic N) is 1. The van der Waals surface area contributed by atoms with Crippen molar-refractivity contribution in [2.24, 2.45) is 0 Å². The van der Waals surface area contributed by atoms with E-state index in [0.29, 0.717) is 16.8 Å². The summed E-state index contributed by atoms with van der Waals surface area (Å²) in [4.78, 5) is 24.7. The maximum Gasteiger partial charge on any atom is 0.279 e. The van der Waals surface area contributed by atoms with Crippen molar-refractivity contribution >= 4 is 33.5 Å². The molecule has 7 nitrogen and oxygen atoms in total. The maximum absolute atomic E-state index is 12.4. The number of carbonyl (C=O) groups is 2. The molecule has 0 aliphatic carbocycles. The van der Waals surface area contributed by atoms with Crippen molar-refractivity contribution in [1.82, 2.24) is 21.0 Å². The highest BCUT2D eigenvalue weighted by molar-refractivity contribution is 6.05. The second-order valence-corrected chi connectivity index (χ2v) is 6.35. The van der Waals surface area contributed by atoms with Crippen molar-refractivity contribution in [2.75, 3.05) is 0 Å². The number of hydrogen-bond acceptors (Lipinski definition) is 4. The zero-order valence-corrected chi connectivity index (χ0v) is 15.1. The molecule has 4 aromatic rings. The first-order valence-electron chi connectivity index (χ1n) is 8.79. The van der Waals surface area contributed by atoms with E-state index in [9.17, 15) is 9.59 Å². The number of ether oxygens (including phenoxy) is 1. The lowest BCUT2D eigenvalue weighted by Gasteiger charge is -2.15. The van der Waals surface area contributed by atoms with E-state index in [-0.39, 0.29) is 0 Å². The van der Waals surface area contributed by atoms with Gasteiger partial charge in [-0.25, -0.2) is 0 Å². The lowest BCUT2D eigenvalue weighted by Crippen LogP contribution is -2.47. The van der Waals surface area contributed by atoms with E-state index >= 15 is 0 Å². The van der Waals surface area contributed by atoms with Crippen LogP contribution in [0.25, 0.3) is 21.7 Å². The summed E-state index contributed by atoms with van der Waals surface area (Å²) in [7, 11) is 0. The van der Waals surface area contributed by atoms with Gasteiger partial charge in [-0.2, -0.15) is 5.10 Å². The number of nitrogens with one attached hydrogen (secondary N) is 3. The van der Waals surface area contributed by atoms with Crippen LogP contribution in [0.1, 0.15) is 17.3 Å². The lowest BCUT2D eigenvalue weighted by atomic mass is 10.1. The zero-order valence-electron chi connectivity index (χ0n) is 15.1. The van der Waals surface area contributed by atoms with Gasteiger partial charge in [0.15, 0.2) is 6.10 Å². The molecule has 1 heterocycles. The van der Waals surface area contributed by atoms with Gasteiger partial charge in [-0.3, -0.25) is 25.5 Å². The van der Waals surface area contributed by atoms with Crippen LogP contribution in [0.4, 0.5) is 0 Å². The van der Waals surface area contributed by atoms with Crippen LogP contribution in [0.5, 0.6) is 5.75 Å². The zero-order chi connectivity index (χ0) is 19.5. The van der Waals surface area contributed by atoms with Gasteiger partial charge in [-0.1, -0.05) is 42.5 Å². The number of amides is 2. The highest BCUT2D eigenvalue weighted by Gasteiger charge is 2.17. The van der Waals surface area contributed by atoms with Gasteiger partial charge in [0.2, 0.25) is 0 Å². The molecule has 7 heteroatoms. The fourth-order valence-electron chi connectivity index (χ4n) is 2.94. The first kappa shape index (κ1) is 17.5. The molecule has 4 rings (SSSR count). The average molecular weight is 374 g/mol. The van der Waals surface area contributed by atoms with Crippen LogP contribution in [-0.4, -0.2) is 28.1 Å². The van der Waals surface area contributed by atoms with Gasteiger partial charge in [0.1, 0.15) is 5.75 Å². The first-order valence-corrected chi connectivity index (χ1v) is 8.79. The highest BCUT2D eigenvalue weighted by atomic mass is 16.5. The van der Waals surface area contributed by atoms with Crippen LogP contribution >= 0.6 is 0 Å². The molecule has 0 aliphatic heterocycles. The molecule has 0 bridgehead atoms. The predicted molar refractivity (Wildman–Crippen MR) is 106 cm³/mol. The molecule has 3 N–H and O–H groups in total. The first-order chi connectivity index (χ1) is 13.6. The summed E-state index contributed by atoms with van der Waals surface area (Å²) in [6.07, 6.45) is 0.842. The molecule has 140 valence electrons. The minimum absolute atomic E-state index is 0.387. The number of aromatic amines is 1. The fraction of sp³-hybridized carbons (Fsp3) is 0.0952. The lowest BCUT2D eigenvalue weighted by molar-refractivity contribution is -0.128. The number of aromatic nitrogens is 2. The van der Waals surface area contributed by atoms with E-state index in [1.165, 1.54) is 0 Å². The molecule has 1 aromatic heterocycles.